The Morgan fingerprint density at radius 1 is 1.44 bits per heavy atom. The molecule has 1 unspecified atom stereocenters. The molecule has 96 valence electrons. The van der Waals surface area contributed by atoms with Gasteiger partial charge < -0.3 is 10.5 Å². The lowest BCUT2D eigenvalue weighted by molar-refractivity contribution is 0.0379. The van der Waals surface area contributed by atoms with Crippen LogP contribution in [0.3, 0.4) is 0 Å². The largest absolute Gasteiger partial charge is 0.383 e. The Bertz CT molecular complexity index is 187. The summed E-state index contributed by atoms with van der Waals surface area (Å²) in [6, 6.07) is 0.638. The first-order valence-electron chi connectivity index (χ1n) is 6.60. The lowest BCUT2D eigenvalue weighted by Crippen LogP contribution is -2.50. The zero-order valence-corrected chi connectivity index (χ0v) is 11.2. The van der Waals surface area contributed by atoms with Gasteiger partial charge in [-0.05, 0) is 38.1 Å². The Labute approximate surface area is 100 Å². The Morgan fingerprint density at radius 2 is 2.12 bits per heavy atom. The van der Waals surface area contributed by atoms with Crippen molar-refractivity contribution in [3.8, 4) is 0 Å². The van der Waals surface area contributed by atoms with Crippen LogP contribution in [0, 0.1) is 5.41 Å². The first kappa shape index (κ1) is 13.9. The number of nitrogens with zero attached hydrogens (tertiary/aromatic N) is 1. The molecule has 16 heavy (non-hydrogen) atoms. The van der Waals surface area contributed by atoms with Gasteiger partial charge in [-0.25, -0.2) is 0 Å². The second kappa shape index (κ2) is 6.58. The van der Waals surface area contributed by atoms with E-state index in [1.807, 2.05) is 0 Å². The number of ether oxygens (including phenoxy) is 1. The number of hydrogen-bond acceptors (Lipinski definition) is 3. The van der Waals surface area contributed by atoms with Crippen LogP contribution in [0.25, 0.3) is 0 Å². The summed E-state index contributed by atoms with van der Waals surface area (Å²) >= 11 is 0. The maximum Gasteiger partial charge on any atom is 0.0589 e. The van der Waals surface area contributed by atoms with Crippen molar-refractivity contribution < 1.29 is 4.74 Å². The van der Waals surface area contributed by atoms with Crippen LogP contribution in [0.2, 0.25) is 0 Å². The smallest absolute Gasteiger partial charge is 0.0589 e. The van der Waals surface area contributed by atoms with Crippen LogP contribution in [0.5, 0.6) is 0 Å². The average Bonchev–Trinajstić information content (AvgIpc) is 2.26. The Hall–Kier alpha value is -0.120. The minimum Gasteiger partial charge on any atom is -0.383 e. The summed E-state index contributed by atoms with van der Waals surface area (Å²) in [6.07, 6.45) is 5.17. The zero-order chi connectivity index (χ0) is 12.0. The third-order valence-corrected chi connectivity index (χ3v) is 4.18. The van der Waals surface area contributed by atoms with Crippen LogP contribution in [0.4, 0.5) is 0 Å². The molecule has 1 atom stereocenters. The fraction of sp³-hybridized carbons (Fsp3) is 1.00. The van der Waals surface area contributed by atoms with Crippen molar-refractivity contribution in [3.05, 3.63) is 0 Å². The molecule has 1 aliphatic rings. The van der Waals surface area contributed by atoms with Gasteiger partial charge in [0.1, 0.15) is 0 Å². The number of methoxy groups -OCH3 is 1. The number of hydrogen-bond donors (Lipinski definition) is 1. The second-order valence-electron chi connectivity index (χ2n) is 5.28. The molecule has 1 rings (SSSR count). The first-order valence-corrected chi connectivity index (χ1v) is 6.60. The molecule has 0 heterocycles. The third kappa shape index (κ3) is 3.44. The van der Waals surface area contributed by atoms with Crippen molar-refractivity contribution in [3.63, 3.8) is 0 Å². The van der Waals surface area contributed by atoms with E-state index < -0.39 is 0 Å². The third-order valence-electron chi connectivity index (χ3n) is 4.18. The van der Waals surface area contributed by atoms with Gasteiger partial charge in [0, 0.05) is 26.2 Å². The van der Waals surface area contributed by atoms with Gasteiger partial charge in [0.25, 0.3) is 0 Å². The lowest BCUT2D eigenvalue weighted by atomic mass is 9.68. The van der Waals surface area contributed by atoms with Gasteiger partial charge >= 0.3 is 0 Å². The van der Waals surface area contributed by atoms with Crippen molar-refractivity contribution >= 4 is 0 Å². The number of rotatable bonds is 8. The van der Waals surface area contributed by atoms with Crippen molar-refractivity contribution in [2.24, 2.45) is 11.1 Å². The summed E-state index contributed by atoms with van der Waals surface area (Å²) in [6.45, 7) is 8.41. The predicted octanol–water partition coefficient (Wildman–Crippen LogP) is 1.86. The molecule has 3 heteroatoms. The van der Waals surface area contributed by atoms with Crippen molar-refractivity contribution in [1.29, 1.82) is 0 Å². The summed E-state index contributed by atoms with van der Waals surface area (Å²) in [5, 5.41) is 0. The van der Waals surface area contributed by atoms with Gasteiger partial charge in [-0.3, -0.25) is 4.90 Å². The summed E-state index contributed by atoms with van der Waals surface area (Å²) in [7, 11) is 1.77. The van der Waals surface area contributed by atoms with E-state index in [2.05, 4.69) is 18.7 Å². The predicted molar refractivity (Wildman–Crippen MR) is 68.5 cm³/mol. The van der Waals surface area contributed by atoms with E-state index in [-0.39, 0.29) is 0 Å². The molecule has 1 fully saturated rings. The lowest BCUT2D eigenvalue weighted by Gasteiger charge is -2.46. The van der Waals surface area contributed by atoms with Crippen LogP contribution >= 0.6 is 0 Å². The normalized spacial score (nSPS) is 20.8. The van der Waals surface area contributed by atoms with E-state index in [9.17, 15) is 0 Å². The average molecular weight is 228 g/mol. The van der Waals surface area contributed by atoms with E-state index in [4.69, 9.17) is 10.5 Å². The highest BCUT2D eigenvalue weighted by Crippen LogP contribution is 2.40. The molecule has 0 aromatic heterocycles. The first-order chi connectivity index (χ1) is 7.67. The maximum absolute atomic E-state index is 5.93. The summed E-state index contributed by atoms with van der Waals surface area (Å²) < 4.78 is 5.19. The van der Waals surface area contributed by atoms with Crippen LogP contribution in [0.15, 0.2) is 0 Å². The van der Waals surface area contributed by atoms with Crippen LogP contribution < -0.4 is 5.73 Å². The van der Waals surface area contributed by atoms with Gasteiger partial charge in [-0.2, -0.15) is 0 Å². The molecule has 0 aromatic rings. The van der Waals surface area contributed by atoms with Crippen molar-refractivity contribution in [1.82, 2.24) is 4.90 Å². The Morgan fingerprint density at radius 3 is 2.50 bits per heavy atom. The molecule has 0 spiro atoms. The molecule has 0 radical (unpaired) electrons. The summed E-state index contributed by atoms with van der Waals surface area (Å²) in [5.41, 5.74) is 6.34. The van der Waals surface area contributed by atoms with E-state index >= 15 is 0 Å². The Balaban J connectivity index is 2.47. The molecule has 3 nitrogen and oxygen atoms in total. The fourth-order valence-electron chi connectivity index (χ4n) is 2.46. The van der Waals surface area contributed by atoms with Gasteiger partial charge in [0.15, 0.2) is 0 Å². The fourth-order valence-corrected chi connectivity index (χ4v) is 2.46. The SMILES string of the molecule is CCC(C)N(CCOC)CC1(CN)CCC1. The highest BCUT2D eigenvalue weighted by molar-refractivity contribution is 4.92. The molecule has 0 aromatic carbocycles. The minimum absolute atomic E-state index is 0.414. The van der Waals surface area contributed by atoms with Crippen LogP contribution in [-0.2, 0) is 4.74 Å². The molecule has 0 bridgehead atoms. The van der Waals surface area contributed by atoms with Crippen molar-refractivity contribution in [2.45, 2.75) is 45.6 Å². The topological polar surface area (TPSA) is 38.5 Å². The molecule has 2 N–H and O–H groups in total. The second-order valence-corrected chi connectivity index (χ2v) is 5.28. The standard InChI is InChI=1S/C13H28N2O/c1-4-12(2)15(8-9-16-3)11-13(10-14)6-5-7-13/h12H,4-11,14H2,1-3H3. The van der Waals surface area contributed by atoms with Crippen molar-refractivity contribution in [2.75, 3.05) is 33.4 Å². The molecular formula is C13H28N2O. The molecule has 1 aliphatic carbocycles. The van der Waals surface area contributed by atoms with Gasteiger partial charge in [-0.15, -0.1) is 0 Å². The molecule has 0 aliphatic heterocycles. The highest BCUT2D eigenvalue weighted by Gasteiger charge is 2.37. The zero-order valence-electron chi connectivity index (χ0n) is 11.2. The van der Waals surface area contributed by atoms with E-state index in [1.54, 1.807) is 7.11 Å². The van der Waals surface area contributed by atoms with Crippen LogP contribution in [0.1, 0.15) is 39.5 Å². The summed E-state index contributed by atoms with van der Waals surface area (Å²) in [4.78, 5) is 2.55. The quantitative estimate of drug-likeness (QED) is 0.689. The van der Waals surface area contributed by atoms with Gasteiger partial charge in [-0.1, -0.05) is 13.3 Å². The maximum atomic E-state index is 5.93. The monoisotopic (exact) mass is 228 g/mol. The molecule has 1 saturated carbocycles. The van der Waals surface area contributed by atoms with Crippen LogP contribution in [-0.4, -0.2) is 44.3 Å². The van der Waals surface area contributed by atoms with E-state index in [1.165, 1.54) is 25.7 Å². The number of nitrogens with two attached hydrogens (primary N) is 1. The molecule has 0 saturated heterocycles. The minimum atomic E-state index is 0.414. The van der Waals surface area contributed by atoms with Gasteiger partial charge in [0.2, 0.25) is 0 Å². The highest BCUT2D eigenvalue weighted by atomic mass is 16.5. The van der Waals surface area contributed by atoms with E-state index in [0.717, 1.165) is 26.2 Å². The molecular weight excluding hydrogens is 200 g/mol. The summed E-state index contributed by atoms with van der Waals surface area (Å²) in [5.74, 6) is 0. The Kier molecular flexibility index (Phi) is 5.73. The van der Waals surface area contributed by atoms with Gasteiger partial charge in [0.05, 0.1) is 6.61 Å². The van der Waals surface area contributed by atoms with E-state index in [0.29, 0.717) is 11.5 Å². The molecule has 0 amide bonds.